The van der Waals surface area contributed by atoms with Gasteiger partial charge in [0.15, 0.2) is 0 Å². The number of carbonyl (C=O) groups excluding carboxylic acids is 2. The Labute approximate surface area is 159 Å². The first-order chi connectivity index (χ1) is 12.5. The molecule has 1 atom stereocenters. The van der Waals surface area contributed by atoms with Gasteiger partial charge in [-0.05, 0) is 57.2 Å². The Bertz CT molecular complexity index is 708. The van der Waals surface area contributed by atoms with Crippen molar-refractivity contribution in [3.8, 4) is 0 Å². The van der Waals surface area contributed by atoms with Gasteiger partial charge in [0.25, 0.3) is 0 Å². The normalized spacial score (nSPS) is 21.6. The highest BCUT2D eigenvalue weighted by Crippen LogP contribution is 2.33. The number of nitrogens with zero attached hydrogens (tertiary/aromatic N) is 1. The zero-order chi connectivity index (χ0) is 18.7. The molecule has 0 radical (unpaired) electrons. The molecule has 6 heteroatoms. The summed E-state index contributed by atoms with van der Waals surface area (Å²) in [5.41, 5.74) is 1.96. The number of halogens is 1. The van der Waals surface area contributed by atoms with Crippen molar-refractivity contribution < 1.29 is 14.3 Å². The lowest BCUT2D eigenvalue weighted by Crippen LogP contribution is -2.48. The van der Waals surface area contributed by atoms with E-state index in [4.69, 9.17) is 16.3 Å². The van der Waals surface area contributed by atoms with Crippen molar-refractivity contribution in [2.75, 3.05) is 6.54 Å². The van der Waals surface area contributed by atoms with E-state index in [1.807, 2.05) is 26.0 Å². The summed E-state index contributed by atoms with van der Waals surface area (Å²) >= 11 is 5.98. The van der Waals surface area contributed by atoms with Gasteiger partial charge in [0.2, 0.25) is 0 Å². The topological polar surface area (TPSA) is 58.6 Å². The van der Waals surface area contributed by atoms with E-state index in [2.05, 4.69) is 5.32 Å². The van der Waals surface area contributed by atoms with Crippen LogP contribution in [0.5, 0.6) is 0 Å². The van der Waals surface area contributed by atoms with E-state index < -0.39 is 6.04 Å². The van der Waals surface area contributed by atoms with Crippen LogP contribution in [0.25, 0.3) is 0 Å². The lowest BCUT2D eigenvalue weighted by atomic mass is 9.94. The number of esters is 1. The maximum absolute atomic E-state index is 13.0. The minimum atomic E-state index is -0.529. The van der Waals surface area contributed by atoms with E-state index in [1.165, 1.54) is 6.42 Å². The highest BCUT2D eigenvalue weighted by molar-refractivity contribution is 6.30. The summed E-state index contributed by atoms with van der Waals surface area (Å²) in [4.78, 5) is 27.0. The molecule has 26 heavy (non-hydrogen) atoms. The number of amides is 2. The number of hydrogen-bond acceptors (Lipinski definition) is 3. The quantitative estimate of drug-likeness (QED) is 0.782. The molecule has 1 saturated carbocycles. The van der Waals surface area contributed by atoms with Crippen molar-refractivity contribution in [1.82, 2.24) is 10.2 Å². The van der Waals surface area contributed by atoms with Crippen molar-refractivity contribution in [3.63, 3.8) is 0 Å². The summed E-state index contributed by atoms with van der Waals surface area (Å²) in [7, 11) is 0. The van der Waals surface area contributed by atoms with Crippen LogP contribution in [0.4, 0.5) is 4.79 Å². The van der Waals surface area contributed by atoms with Crippen molar-refractivity contribution >= 4 is 23.6 Å². The first-order valence-electron chi connectivity index (χ1n) is 9.26. The maximum Gasteiger partial charge on any atom is 0.338 e. The minimum Gasteiger partial charge on any atom is -0.459 e. The fourth-order valence-electron chi connectivity index (χ4n) is 3.73. The molecule has 0 bridgehead atoms. The summed E-state index contributed by atoms with van der Waals surface area (Å²) in [5, 5.41) is 3.55. The van der Waals surface area contributed by atoms with Crippen molar-refractivity contribution in [1.29, 1.82) is 0 Å². The van der Waals surface area contributed by atoms with Gasteiger partial charge in [-0.1, -0.05) is 30.2 Å². The van der Waals surface area contributed by atoms with Gasteiger partial charge in [-0.3, -0.25) is 4.90 Å². The predicted molar refractivity (Wildman–Crippen MR) is 101 cm³/mol. The van der Waals surface area contributed by atoms with Gasteiger partial charge in [0, 0.05) is 17.3 Å². The second-order valence-electron chi connectivity index (χ2n) is 6.84. The third kappa shape index (κ3) is 3.88. The average Bonchev–Trinajstić information content (AvgIpc) is 2.63. The lowest BCUT2D eigenvalue weighted by Gasteiger charge is -2.35. The number of hydrogen-bond donors (Lipinski definition) is 1. The lowest BCUT2D eigenvalue weighted by molar-refractivity contribution is -0.146. The number of urea groups is 1. The van der Waals surface area contributed by atoms with Crippen LogP contribution in [0.1, 0.15) is 57.6 Å². The summed E-state index contributed by atoms with van der Waals surface area (Å²) in [6, 6.07) is 6.44. The molecule has 1 heterocycles. The summed E-state index contributed by atoms with van der Waals surface area (Å²) in [6.45, 7) is 4.18. The molecule has 0 spiro atoms. The average molecular weight is 377 g/mol. The predicted octanol–water partition coefficient (Wildman–Crippen LogP) is 4.58. The fourth-order valence-corrected chi connectivity index (χ4v) is 3.86. The van der Waals surface area contributed by atoms with E-state index in [9.17, 15) is 9.59 Å². The number of benzene rings is 1. The number of ether oxygens (including phenoxy) is 1. The van der Waals surface area contributed by atoms with Gasteiger partial charge in [0.05, 0.1) is 11.6 Å². The van der Waals surface area contributed by atoms with Gasteiger partial charge >= 0.3 is 12.0 Å². The first kappa shape index (κ1) is 18.8. The highest BCUT2D eigenvalue weighted by atomic mass is 35.5. The van der Waals surface area contributed by atoms with Crippen LogP contribution in [0, 0.1) is 0 Å². The van der Waals surface area contributed by atoms with E-state index >= 15 is 0 Å². The minimum absolute atomic E-state index is 0.0323. The molecule has 140 valence electrons. The standard InChI is InChI=1S/C20H25ClN2O3/c1-3-23-13(2)17(19(24)26-16-7-5-4-6-8-16)18(22-20(23)25)14-9-11-15(21)12-10-14/h9-12,16,18H,3-8H2,1-2H3,(H,22,25)/t18-/m0/s1. The Balaban J connectivity index is 1.93. The molecule has 1 aliphatic carbocycles. The molecule has 1 aromatic rings. The van der Waals surface area contributed by atoms with Crippen LogP contribution in [0.15, 0.2) is 35.5 Å². The Hall–Kier alpha value is -2.01. The third-order valence-electron chi connectivity index (χ3n) is 5.16. The molecular formula is C20H25ClN2O3. The molecule has 1 aromatic carbocycles. The van der Waals surface area contributed by atoms with E-state index in [0.717, 1.165) is 31.2 Å². The molecule has 0 unspecified atom stereocenters. The Morgan fingerprint density at radius 2 is 1.88 bits per heavy atom. The second kappa shape index (κ2) is 8.12. The molecule has 1 aliphatic heterocycles. The van der Waals surface area contributed by atoms with E-state index in [1.54, 1.807) is 17.0 Å². The van der Waals surface area contributed by atoms with Crippen LogP contribution in [-0.4, -0.2) is 29.5 Å². The van der Waals surface area contributed by atoms with Crippen LogP contribution in [-0.2, 0) is 9.53 Å². The third-order valence-corrected chi connectivity index (χ3v) is 5.41. The summed E-state index contributed by atoms with van der Waals surface area (Å²) in [6.07, 6.45) is 5.17. The van der Waals surface area contributed by atoms with Crippen molar-refractivity contribution in [3.05, 3.63) is 46.1 Å². The Kier molecular flexibility index (Phi) is 5.87. The van der Waals surface area contributed by atoms with Crippen LogP contribution in [0.3, 0.4) is 0 Å². The Morgan fingerprint density at radius 3 is 2.50 bits per heavy atom. The first-order valence-corrected chi connectivity index (χ1v) is 9.64. The molecule has 0 saturated heterocycles. The monoisotopic (exact) mass is 376 g/mol. The van der Waals surface area contributed by atoms with Gasteiger partial charge in [-0.25, -0.2) is 9.59 Å². The molecule has 1 N–H and O–H groups in total. The number of nitrogens with one attached hydrogen (secondary N) is 1. The largest absolute Gasteiger partial charge is 0.459 e. The van der Waals surface area contributed by atoms with Gasteiger partial charge in [-0.2, -0.15) is 0 Å². The molecule has 5 nitrogen and oxygen atoms in total. The molecule has 1 fully saturated rings. The van der Waals surface area contributed by atoms with Crippen LogP contribution >= 0.6 is 11.6 Å². The zero-order valence-corrected chi connectivity index (χ0v) is 16.0. The molecule has 2 amide bonds. The zero-order valence-electron chi connectivity index (χ0n) is 15.3. The van der Waals surface area contributed by atoms with Crippen LogP contribution < -0.4 is 5.32 Å². The van der Waals surface area contributed by atoms with Gasteiger partial charge in [0.1, 0.15) is 6.10 Å². The van der Waals surface area contributed by atoms with Gasteiger partial charge in [-0.15, -0.1) is 0 Å². The van der Waals surface area contributed by atoms with Crippen molar-refractivity contribution in [2.24, 2.45) is 0 Å². The SMILES string of the molecule is CCN1C(=O)N[C@@H](c2ccc(Cl)cc2)C(C(=O)OC2CCCCC2)=C1C. The van der Waals surface area contributed by atoms with Crippen molar-refractivity contribution in [2.45, 2.75) is 58.1 Å². The smallest absolute Gasteiger partial charge is 0.338 e. The fraction of sp³-hybridized carbons (Fsp3) is 0.500. The second-order valence-corrected chi connectivity index (χ2v) is 7.28. The maximum atomic E-state index is 13.0. The molecule has 0 aromatic heterocycles. The van der Waals surface area contributed by atoms with E-state index in [0.29, 0.717) is 22.8 Å². The summed E-state index contributed by atoms with van der Waals surface area (Å²) in [5.74, 6) is -0.340. The van der Waals surface area contributed by atoms with Crippen LogP contribution in [0.2, 0.25) is 5.02 Å². The molecule has 3 rings (SSSR count). The Morgan fingerprint density at radius 1 is 1.23 bits per heavy atom. The number of rotatable bonds is 4. The highest BCUT2D eigenvalue weighted by Gasteiger charge is 2.36. The number of allylic oxidation sites excluding steroid dienone is 1. The number of carbonyl (C=O) groups is 2. The molecular weight excluding hydrogens is 352 g/mol. The molecule has 2 aliphatic rings. The van der Waals surface area contributed by atoms with E-state index in [-0.39, 0.29) is 18.1 Å². The van der Waals surface area contributed by atoms with Gasteiger partial charge < -0.3 is 10.1 Å². The summed E-state index contributed by atoms with van der Waals surface area (Å²) < 4.78 is 5.80.